The molecule has 0 atom stereocenters. The van der Waals surface area contributed by atoms with E-state index in [1.165, 1.54) is 21.9 Å². The number of rotatable bonds is 7. The van der Waals surface area contributed by atoms with Crippen molar-refractivity contribution < 1.29 is 0 Å². The Morgan fingerprint density at radius 1 is 0.333 bits per heavy atom. The maximum absolute atomic E-state index is 5.41. The van der Waals surface area contributed by atoms with Crippen LogP contribution >= 0.6 is 0 Å². The molecule has 10 aromatic rings. The molecule has 6 heteroatoms. The highest BCUT2D eigenvalue weighted by molar-refractivity contribution is 6.10. The molecule has 306 valence electrons. The average molecular weight is 817 g/mol. The molecular formula is C57H48N6. The number of nitrogens with zero attached hydrogens (tertiary/aromatic N) is 6. The van der Waals surface area contributed by atoms with E-state index >= 15 is 0 Å². The number of hydrogen-bond acceptors (Lipinski definition) is 5. The van der Waals surface area contributed by atoms with Crippen molar-refractivity contribution in [3.63, 3.8) is 0 Å². The van der Waals surface area contributed by atoms with Crippen molar-refractivity contribution in [2.24, 2.45) is 0 Å². The first kappa shape index (κ1) is 39.6. The summed E-state index contributed by atoms with van der Waals surface area (Å²) in [4.78, 5) is 25.9. The second kappa shape index (κ2) is 15.7. The van der Waals surface area contributed by atoms with Gasteiger partial charge in [-0.3, -0.25) is 0 Å². The summed E-state index contributed by atoms with van der Waals surface area (Å²) in [5.41, 5.74) is 12.9. The molecule has 0 saturated heterocycles. The Labute approximate surface area is 369 Å². The minimum Gasteiger partial charge on any atom is -0.309 e. The summed E-state index contributed by atoms with van der Waals surface area (Å²) >= 11 is 0. The number of fused-ring (bicyclic) bond motifs is 3. The molecule has 3 heterocycles. The quantitative estimate of drug-likeness (QED) is 0.160. The van der Waals surface area contributed by atoms with E-state index in [9.17, 15) is 0 Å². The van der Waals surface area contributed by atoms with Gasteiger partial charge in [0.15, 0.2) is 23.3 Å². The second-order valence-electron chi connectivity index (χ2n) is 18.3. The fourth-order valence-corrected chi connectivity index (χ4v) is 8.29. The average Bonchev–Trinajstić information content (AvgIpc) is 3.64. The Balaban J connectivity index is 1.29. The molecule has 0 spiro atoms. The van der Waals surface area contributed by atoms with Crippen LogP contribution in [0, 0.1) is 0 Å². The van der Waals surface area contributed by atoms with Gasteiger partial charge in [-0.25, -0.2) is 24.9 Å². The molecule has 63 heavy (non-hydrogen) atoms. The van der Waals surface area contributed by atoms with Crippen LogP contribution in [0.4, 0.5) is 0 Å². The molecule has 0 N–H and O–H groups in total. The van der Waals surface area contributed by atoms with Crippen molar-refractivity contribution >= 4 is 21.8 Å². The van der Waals surface area contributed by atoms with Gasteiger partial charge in [0.1, 0.15) is 0 Å². The van der Waals surface area contributed by atoms with Crippen LogP contribution in [0.25, 0.3) is 95.6 Å². The lowest BCUT2D eigenvalue weighted by molar-refractivity contribution is 0.590. The normalized spacial score (nSPS) is 12.0. The molecule has 0 saturated carbocycles. The van der Waals surface area contributed by atoms with Crippen molar-refractivity contribution in [1.82, 2.24) is 29.5 Å². The lowest BCUT2D eigenvalue weighted by atomic mass is 9.85. The largest absolute Gasteiger partial charge is 0.309 e. The SMILES string of the molecule is CC(C)(C)c1ccc2c(c1)c1cc(C(C)(C)C)ccc1n2-c1ccc(-c2nc(-c3ccccc3)nc(-c3ccccc3)n2)cc1-c1cc(-c2ccccc2)nc(-c2ccccc2)n1. The van der Waals surface area contributed by atoms with Crippen LogP contribution in [0.1, 0.15) is 52.7 Å². The van der Waals surface area contributed by atoms with Gasteiger partial charge in [-0.05, 0) is 70.5 Å². The van der Waals surface area contributed by atoms with Gasteiger partial charge in [0, 0.05) is 44.2 Å². The Bertz CT molecular complexity index is 3080. The van der Waals surface area contributed by atoms with E-state index in [0.29, 0.717) is 23.3 Å². The maximum Gasteiger partial charge on any atom is 0.164 e. The van der Waals surface area contributed by atoms with Crippen LogP contribution in [0.3, 0.4) is 0 Å². The summed E-state index contributed by atoms with van der Waals surface area (Å²) in [7, 11) is 0. The lowest BCUT2D eigenvalue weighted by Crippen LogP contribution is -2.10. The summed E-state index contributed by atoms with van der Waals surface area (Å²) in [6.07, 6.45) is 0. The van der Waals surface area contributed by atoms with Gasteiger partial charge in [-0.1, -0.05) is 175 Å². The highest BCUT2D eigenvalue weighted by Gasteiger charge is 2.24. The molecule has 7 aromatic carbocycles. The molecule has 6 nitrogen and oxygen atoms in total. The van der Waals surface area contributed by atoms with Crippen LogP contribution < -0.4 is 0 Å². The van der Waals surface area contributed by atoms with Crippen molar-refractivity contribution in [1.29, 1.82) is 0 Å². The smallest absolute Gasteiger partial charge is 0.164 e. The first-order valence-electron chi connectivity index (χ1n) is 21.6. The number of hydrogen-bond donors (Lipinski definition) is 0. The third-order valence-electron chi connectivity index (χ3n) is 11.8. The summed E-state index contributed by atoms with van der Waals surface area (Å²) in [5.74, 6) is 2.43. The van der Waals surface area contributed by atoms with E-state index in [-0.39, 0.29) is 10.8 Å². The molecule has 3 aromatic heterocycles. The Hall–Kier alpha value is -7.57. The van der Waals surface area contributed by atoms with E-state index in [4.69, 9.17) is 24.9 Å². The number of aromatic nitrogens is 6. The molecule has 0 fully saturated rings. The molecule has 0 aliphatic carbocycles. The highest BCUT2D eigenvalue weighted by atomic mass is 15.0. The zero-order valence-corrected chi connectivity index (χ0v) is 36.5. The first-order chi connectivity index (χ1) is 30.5. The molecule has 0 bridgehead atoms. The van der Waals surface area contributed by atoms with Crippen molar-refractivity contribution in [2.45, 2.75) is 52.4 Å². The zero-order valence-electron chi connectivity index (χ0n) is 36.5. The Morgan fingerprint density at radius 2 is 0.730 bits per heavy atom. The van der Waals surface area contributed by atoms with Crippen LogP contribution in [0.5, 0.6) is 0 Å². The molecule has 0 unspecified atom stereocenters. The zero-order chi connectivity index (χ0) is 43.3. The van der Waals surface area contributed by atoms with Gasteiger partial charge >= 0.3 is 0 Å². The molecule has 0 amide bonds. The summed E-state index contributed by atoms with van der Waals surface area (Å²) in [6, 6.07) is 63.4. The summed E-state index contributed by atoms with van der Waals surface area (Å²) in [5, 5.41) is 2.43. The second-order valence-corrected chi connectivity index (χ2v) is 18.3. The van der Waals surface area contributed by atoms with Crippen molar-refractivity contribution in [2.75, 3.05) is 0 Å². The van der Waals surface area contributed by atoms with Crippen molar-refractivity contribution in [3.05, 3.63) is 193 Å². The van der Waals surface area contributed by atoms with E-state index in [1.807, 2.05) is 84.9 Å². The molecular weight excluding hydrogens is 769 g/mol. The Morgan fingerprint density at radius 3 is 1.17 bits per heavy atom. The fourth-order valence-electron chi connectivity index (χ4n) is 8.29. The van der Waals surface area contributed by atoms with Gasteiger partial charge in [-0.2, -0.15) is 0 Å². The monoisotopic (exact) mass is 816 g/mol. The van der Waals surface area contributed by atoms with Gasteiger partial charge in [0.2, 0.25) is 0 Å². The molecule has 10 rings (SSSR count). The number of benzene rings is 7. The lowest BCUT2D eigenvalue weighted by Gasteiger charge is -2.20. The van der Waals surface area contributed by atoms with Crippen LogP contribution in [-0.4, -0.2) is 29.5 Å². The topological polar surface area (TPSA) is 69.4 Å². The van der Waals surface area contributed by atoms with Crippen LogP contribution in [-0.2, 0) is 10.8 Å². The maximum atomic E-state index is 5.41. The molecule has 0 radical (unpaired) electrons. The first-order valence-corrected chi connectivity index (χ1v) is 21.6. The third kappa shape index (κ3) is 7.70. The van der Waals surface area contributed by atoms with Crippen LogP contribution in [0.15, 0.2) is 182 Å². The van der Waals surface area contributed by atoms with Crippen LogP contribution in [0.2, 0.25) is 0 Å². The van der Waals surface area contributed by atoms with Gasteiger partial charge in [0.05, 0.1) is 28.1 Å². The fraction of sp³-hybridized carbons (Fsp3) is 0.140. The predicted molar refractivity (Wildman–Crippen MR) is 260 cm³/mol. The summed E-state index contributed by atoms with van der Waals surface area (Å²) in [6.45, 7) is 13.7. The molecule has 0 aliphatic rings. The van der Waals surface area contributed by atoms with E-state index in [2.05, 4.69) is 143 Å². The van der Waals surface area contributed by atoms with E-state index in [0.717, 1.165) is 61.5 Å². The minimum atomic E-state index is -0.0263. The van der Waals surface area contributed by atoms with E-state index in [1.54, 1.807) is 0 Å². The van der Waals surface area contributed by atoms with Gasteiger partial charge < -0.3 is 4.57 Å². The van der Waals surface area contributed by atoms with E-state index < -0.39 is 0 Å². The van der Waals surface area contributed by atoms with Gasteiger partial charge in [-0.15, -0.1) is 0 Å². The predicted octanol–water partition coefficient (Wildman–Crippen LogP) is 14.4. The minimum absolute atomic E-state index is 0.0263. The Kier molecular flexibility index (Phi) is 9.87. The van der Waals surface area contributed by atoms with Crippen molar-refractivity contribution in [3.8, 4) is 73.8 Å². The highest BCUT2D eigenvalue weighted by Crippen LogP contribution is 2.41. The summed E-state index contributed by atoms with van der Waals surface area (Å²) < 4.78 is 2.41. The molecule has 0 aliphatic heterocycles. The standard InChI is InChI=1S/C57H48N6/c1-56(2,3)42-28-31-49-44(34-42)45-35-43(57(4,5)6)29-32-50(45)63(49)51-30-27-41(55-61-53(39-23-15-9-16-24-39)60-54(62-55)40-25-17-10-18-26-40)33-46(51)48-36-47(37-19-11-7-12-20-37)58-52(59-48)38-21-13-8-14-22-38/h7-36H,1-6H3. The third-order valence-corrected chi connectivity index (χ3v) is 11.8. The van der Waals surface area contributed by atoms with Gasteiger partial charge in [0.25, 0.3) is 0 Å².